The lowest BCUT2D eigenvalue weighted by Crippen LogP contribution is -2.38. The number of hydrogen-bond acceptors (Lipinski definition) is 4. The summed E-state index contributed by atoms with van der Waals surface area (Å²) in [5, 5.41) is 10.5. The van der Waals surface area contributed by atoms with Gasteiger partial charge in [-0.05, 0) is 36.8 Å². The van der Waals surface area contributed by atoms with Gasteiger partial charge in [-0.15, -0.1) is 0 Å². The van der Waals surface area contributed by atoms with Crippen LogP contribution in [0.2, 0.25) is 0 Å². The van der Waals surface area contributed by atoms with Gasteiger partial charge in [-0.3, -0.25) is 0 Å². The van der Waals surface area contributed by atoms with Crippen LogP contribution in [0.1, 0.15) is 48.5 Å². The first-order valence-corrected chi connectivity index (χ1v) is 10.8. The highest BCUT2D eigenvalue weighted by atomic mass is 16.7. The van der Waals surface area contributed by atoms with Crippen molar-refractivity contribution in [1.82, 2.24) is 0 Å². The monoisotopic (exact) mass is 406 g/mol. The molecule has 0 radical (unpaired) electrons. The number of hydrogen-bond donors (Lipinski definition) is 1. The van der Waals surface area contributed by atoms with E-state index in [1.165, 1.54) is 0 Å². The van der Waals surface area contributed by atoms with E-state index in [1.807, 2.05) is 49.4 Å². The van der Waals surface area contributed by atoms with Crippen molar-refractivity contribution in [3.8, 4) is 11.8 Å². The van der Waals surface area contributed by atoms with Crippen molar-refractivity contribution in [2.45, 2.75) is 57.2 Å². The second-order valence-electron chi connectivity index (χ2n) is 8.26. The number of aliphatic hydroxyl groups is 1. The van der Waals surface area contributed by atoms with Crippen LogP contribution in [0.5, 0.6) is 0 Å². The molecule has 2 atom stereocenters. The molecule has 2 aliphatic rings. The van der Waals surface area contributed by atoms with Crippen LogP contribution in [-0.4, -0.2) is 30.2 Å². The highest BCUT2D eigenvalue weighted by molar-refractivity contribution is 5.28. The number of rotatable bonds is 5. The van der Waals surface area contributed by atoms with Crippen molar-refractivity contribution >= 4 is 0 Å². The Labute approximate surface area is 179 Å². The van der Waals surface area contributed by atoms with Crippen molar-refractivity contribution in [3.05, 3.63) is 71.3 Å². The lowest BCUT2D eigenvalue weighted by atomic mass is 9.82. The molecule has 1 heterocycles. The molecule has 0 bridgehead atoms. The van der Waals surface area contributed by atoms with Gasteiger partial charge in [-0.1, -0.05) is 72.0 Å². The summed E-state index contributed by atoms with van der Waals surface area (Å²) in [5.74, 6) is 6.18. The minimum Gasteiger partial charge on any atom is -0.376 e. The van der Waals surface area contributed by atoms with Gasteiger partial charge in [0.15, 0.2) is 5.79 Å². The van der Waals surface area contributed by atoms with E-state index in [0.717, 1.165) is 42.4 Å². The van der Waals surface area contributed by atoms with E-state index in [1.54, 1.807) is 0 Å². The van der Waals surface area contributed by atoms with Crippen LogP contribution in [0.4, 0.5) is 0 Å². The minimum absolute atomic E-state index is 0.232. The highest BCUT2D eigenvalue weighted by Gasteiger charge is 2.42. The van der Waals surface area contributed by atoms with Gasteiger partial charge in [0.2, 0.25) is 0 Å². The second kappa shape index (κ2) is 9.76. The zero-order valence-corrected chi connectivity index (χ0v) is 17.5. The number of aliphatic hydroxyl groups excluding tert-OH is 1. The summed E-state index contributed by atoms with van der Waals surface area (Å²) in [7, 11) is 0. The molecule has 158 valence electrons. The van der Waals surface area contributed by atoms with E-state index in [4.69, 9.17) is 14.2 Å². The molecule has 4 heteroatoms. The number of benzene rings is 2. The third-order valence-corrected chi connectivity index (χ3v) is 6.06. The molecule has 0 amide bonds. The van der Waals surface area contributed by atoms with Gasteiger partial charge in [0, 0.05) is 12.8 Å². The van der Waals surface area contributed by atoms with Gasteiger partial charge < -0.3 is 19.3 Å². The van der Waals surface area contributed by atoms with E-state index in [2.05, 4.69) is 24.0 Å². The molecule has 4 rings (SSSR count). The summed E-state index contributed by atoms with van der Waals surface area (Å²) in [6, 6.07) is 18.0. The molecule has 1 aliphatic heterocycles. The molecule has 1 aliphatic carbocycles. The third kappa shape index (κ3) is 5.30. The molecule has 1 saturated carbocycles. The Bertz CT molecular complexity index is 849. The Morgan fingerprint density at radius 3 is 2.33 bits per heavy atom. The van der Waals surface area contributed by atoms with E-state index in [0.29, 0.717) is 25.7 Å². The molecule has 2 aromatic carbocycles. The SMILES string of the molecule is Cc1ccc(C(O)C#CC(OCc2ccccc2)C2CCC3(CC2)OCCO3)cc1. The van der Waals surface area contributed by atoms with Crippen molar-refractivity contribution in [2.24, 2.45) is 5.92 Å². The molecule has 2 fully saturated rings. The number of ether oxygens (including phenoxy) is 3. The lowest BCUT2D eigenvalue weighted by molar-refractivity contribution is -0.187. The summed E-state index contributed by atoms with van der Waals surface area (Å²) in [6.07, 6.45) is 2.56. The van der Waals surface area contributed by atoms with E-state index in [9.17, 15) is 5.11 Å². The van der Waals surface area contributed by atoms with Crippen molar-refractivity contribution in [2.75, 3.05) is 13.2 Å². The fourth-order valence-electron chi connectivity index (χ4n) is 4.22. The molecule has 30 heavy (non-hydrogen) atoms. The van der Waals surface area contributed by atoms with Crippen LogP contribution in [0, 0.1) is 24.7 Å². The summed E-state index contributed by atoms with van der Waals surface area (Å²) >= 11 is 0. The first kappa shape index (κ1) is 21.1. The summed E-state index contributed by atoms with van der Waals surface area (Å²) in [4.78, 5) is 0. The zero-order valence-electron chi connectivity index (χ0n) is 17.5. The van der Waals surface area contributed by atoms with Crippen LogP contribution in [-0.2, 0) is 20.8 Å². The smallest absolute Gasteiger partial charge is 0.168 e. The Kier molecular flexibility index (Phi) is 6.86. The Morgan fingerprint density at radius 1 is 1.00 bits per heavy atom. The molecular formula is C26H30O4. The molecular weight excluding hydrogens is 376 g/mol. The topological polar surface area (TPSA) is 47.9 Å². The second-order valence-corrected chi connectivity index (χ2v) is 8.26. The lowest BCUT2D eigenvalue weighted by Gasteiger charge is -2.37. The van der Waals surface area contributed by atoms with Gasteiger partial charge in [0.05, 0.1) is 19.8 Å². The van der Waals surface area contributed by atoms with Gasteiger partial charge in [-0.25, -0.2) is 0 Å². The van der Waals surface area contributed by atoms with Gasteiger partial charge in [0.25, 0.3) is 0 Å². The molecule has 1 spiro atoms. The van der Waals surface area contributed by atoms with E-state index >= 15 is 0 Å². The summed E-state index contributed by atoms with van der Waals surface area (Å²) in [6.45, 7) is 3.90. The highest BCUT2D eigenvalue weighted by Crippen LogP contribution is 2.40. The summed E-state index contributed by atoms with van der Waals surface area (Å²) in [5.41, 5.74) is 3.10. The summed E-state index contributed by atoms with van der Waals surface area (Å²) < 4.78 is 18.0. The average Bonchev–Trinajstić information content (AvgIpc) is 3.23. The molecule has 4 nitrogen and oxygen atoms in total. The largest absolute Gasteiger partial charge is 0.376 e. The molecule has 1 N–H and O–H groups in total. The predicted molar refractivity (Wildman–Crippen MR) is 116 cm³/mol. The van der Waals surface area contributed by atoms with Crippen molar-refractivity contribution < 1.29 is 19.3 Å². The Hall–Kier alpha value is -2.16. The zero-order chi connectivity index (χ0) is 20.8. The van der Waals surface area contributed by atoms with Crippen LogP contribution in [0.3, 0.4) is 0 Å². The maximum atomic E-state index is 10.5. The standard InChI is InChI=1S/C26H30O4/c1-20-7-9-22(10-8-20)24(27)11-12-25(28-19-21-5-3-2-4-6-21)23-13-15-26(16-14-23)29-17-18-30-26/h2-10,23-25,27H,13-19H2,1H3. The average molecular weight is 407 g/mol. The maximum absolute atomic E-state index is 10.5. The van der Waals surface area contributed by atoms with Crippen LogP contribution in [0.15, 0.2) is 54.6 Å². The van der Waals surface area contributed by atoms with Crippen LogP contribution in [0.25, 0.3) is 0 Å². The fraction of sp³-hybridized carbons (Fsp3) is 0.462. The fourth-order valence-corrected chi connectivity index (χ4v) is 4.22. The van der Waals surface area contributed by atoms with Gasteiger partial charge in [-0.2, -0.15) is 0 Å². The molecule has 1 saturated heterocycles. The molecule has 2 aromatic rings. The quantitative estimate of drug-likeness (QED) is 0.740. The minimum atomic E-state index is -0.815. The maximum Gasteiger partial charge on any atom is 0.168 e. The predicted octanol–water partition coefficient (Wildman–Crippen LogP) is 4.55. The first-order chi connectivity index (χ1) is 14.6. The number of aryl methyl sites for hydroxylation is 1. The Balaban J connectivity index is 1.45. The van der Waals surface area contributed by atoms with Crippen LogP contribution < -0.4 is 0 Å². The van der Waals surface area contributed by atoms with Gasteiger partial charge in [0.1, 0.15) is 12.2 Å². The van der Waals surface area contributed by atoms with E-state index < -0.39 is 11.9 Å². The van der Waals surface area contributed by atoms with Crippen molar-refractivity contribution in [3.63, 3.8) is 0 Å². The third-order valence-electron chi connectivity index (χ3n) is 6.06. The molecule has 2 unspecified atom stereocenters. The first-order valence-electron chi connectivity index (χ1n) is 10.8. The van der Waals surface area contributed by atoms with E-state index in [-0.39, 0.29) is 6.10 Å². The van der Waals surface area contributed by atoms with Crippen molar-refractivity contribution in [1.29, 1.82) is 0 Å². The van der Waals surface area contributed by atoms with Gasteiger partial charge >= 0.3 is 0 Å². The van der Waals surface area contributed by atoms with Crippen LogP contribution >= 0.6 is 0 Å². The molecule has 0 aromatic heterocycles. The normalized spacial score (nSPS) is 20.5. The Morgan fingerprint density at radius 2 is 1.67 bits per heavy atom.